The van der Waals surface area contributed by atoms with E-state index in [0.29, 0.717) is 0 Å². The van der Waals surface area contributed by atoms with Crippen molar-refractivity contribution in [1.82, 2.24) is 10.3 Å². The molecule has 1 aromatic carbocycles. The Bertz CT molecular complexity index is 1180. The van der Waals surface area contributed by atoms with E-state index in [1.165, 1.54) is 13.0 Å². The van der Waals surface area contributed by atoms with Gasteiger partial charge in [0.25, 0.3) is 0 Å². The lowest BCUT2D eigenvalue weighted by molar-refractivity contribution is -0.135. The number of hydrogen-bond donors (Lipinski definition) is 4. The lowest BCUT2D eigenvalue weighted by Gasteiger charge is -2.26. The van der Waals surface area contributed by atoms with Crippen LogP contribution in [0.4, 0.5) is 0 Å². The van der Waals surface area contributed by atoms with Gasteiger partial charge in [0.05, 0.1) is 40.1 Å². The Labute approximate surface area is 230 Å². The molecule has 1 aliphatic rings. The molecule has 1 aromatic heterocycles. The summed E-state index contributed by atoms with van der Waals surface area (Å²) in [5.74, 6) is -3.11. The van der Waals surface area contributed by atoms with Gasteiger partial charge in [-0.3, -0.25) is 9.59 Å². The van der Waals surface area contributed by atoms with Gasteiger partial charge in [0.1, 0.15) is 11.5 Å². The summed E-state index contributed by atoms with van der Waals surface area (Å²) < 4.78 is 1.02. The number of allylic oxidation sites excluding steroid dienone is 2. The topological polar surface area (TPSA) is 123 Å². The predicted molar refractivity (Wildman–Crippen MR) is 151 cm³/mol. The summed E-state index contributed by atoms with van der Waals surface area (Å²) in [6.45, 7) is 9.07. The van der Waals surface area contributed by atoms with Crippen molar-refractivity contribution in [2.75, 3.05) is 0 Å². The van der Waals surface area contributed by atoms with E-state index in [9.17, 15) is 19.8 Å². The molecule has 9 heteroatoms. The average Bonchev–Trinajstić information content (AvgIpc) is 3.38. The lowest BCUT2D eigenvalue weighted by atomic mass is 9.79. The SMILES string of the molecule is CC(=N)/C=C(\O)C(C(=O)C1C[C@H](O)C[C@H]1C(=O)N[C@@H](C)c1ccc(-c2scnc2C)cc1I)C(C)C. The van der Waals surface area contributed by atoms with Gasteiger partial charge in [-0.1, -0.05) is 26.0 Å². The second-order valence-electron chi connectivity index (χ2n) is 9.95. The number of nitrogens with one attached hydrogen (secondary N) is 2. The number of aliphatic hydroxyl groups is 2. The Hall–Kier alpha value is -2.11. The molecule has 1 heterocycles. The monoisotopic (exact) mass is 623 g/mol. The third-order valence-corrected chi connectivity index (χ3v) is 8.64. The van der Waals surface area contributed by atoms with Gasteiger partial charge in [-0.25, -0.2) is 4.98 Å². The summed E-state index contributed by atoms with van der Waals surface area (Å²) in [5, 5.41) is 31.6. The molecule has 1 saturated carbocycles. The van der Waals surface area contributed by atoms with Crippen molar-refractivity contribution >= 4 is 51.3 Å². The highest BCUT2D eigenvalue weighted by atomic mass is 127. The van der Waals surface area contributed by atoms with Crippen LogP contribution in [0.2, 0.25) is 0 Å². The van der Waals surface area contributed by atoms with Crippen molar-refractivity contribution in [3.8, 4) is 10.4 Å². The Kier molecular flexibility index (Phi) is 9.45. The number of amides is 1. The molecule has 0 radical (unpaired) electrons. The first kappa shape index (κ1) is 28.5. The minimum Gasteiger partial charge on any atom is -0.511 e. The predicted octanol–water partition coefficient (Wildman–Crippen LogP) is 5.61. The summed E-state index contributed by atoms with van der Waals surface area (Å²) in [4.78, 5) is 32.3. The Morgan fingerprint density at radius 2 is 1.92 bits per heavy atom. The smallest absolute Gasteiger partial charge is 0.224 e. The highest BCUT2D eigenvalue weighted by Crippen LogP contribution is 2.38. The van der Waals surface area contributed by atoms with Crippen LogP contribution in [0.3, 0.4) is 0 Å². The second kappa shape index (κ2) is 12.0. The van der Waals surface area contributed by atoms with Gasteiger partial charge in [0, 0.05) is 15.2 Å². The molecule has 7 nitrogen and oxygen atoms in total. The summed E-state index contributed by atoms with van der Waals surface area (Å²) in [6, 6.07) is 5.83. The van der Waals surface area contributed by atoms with E-state index in [1.807, 2.05) is 45.3 Å². The fraction of sp³-hybridized carbons (Fsp3) is 0.481. The number of aryl methyl sites for hydroxylation is 1. The number of carbonyl (C=O) groups excluding carboxylic acids is 2. The molecule has 2 aromatic rings. The van der Waals surface area contributed by atoms with Crippen LogP contribution in [0.5, 0.6) is 0 Å². The molecule has 0 spiro atoms. The van der Waals surface area contributed by atoms with Crippen LogP contribution in [-0.2, 0) is 9.59 Å². The maximum Gasteiger partial charge on any atom is 0.224 e. The van der Waals surface area contributed by atoms with E-state index >= 15 is 0 Å². The fourth-order valence-corrected chi connectivity index (χ4v) is 6.75. The number of benzene rings is 1. The number of rotatable bonds is 9. The molecule has 0 aliphatic heterocycles. The number of aliphatic hydroxyl groups excluding tert-OH is 2. The Morgan fingerprint density at radius 3 is 2.47 bits per heavy atom. The summed E-state index contributed by atoms with van der Waals surface area (Å²) in [5.41, 5.74) is 5.01. The fourth-order valence-electron chi connectivity index (χ4n) is 4.97. The zero-order valence-corrected chi connectivity index (χ0v) is 24.2. The third kappa shape index (κ3) is 6.41. The zero-order valence-electron chi connectivity index (χ0n) is 21.2. The van der Waals surface area contributed by atoms with Gasteiger partial charge in [-0.2, -0.15) is 0 Å². The molecule has 1 aliphatic carbocycles. The van der Waals surface area contributed by atoms with Crippen LogP contribution in [0.1, 0.15) is 57.8 Å². The number of ketones is 1. The quantitative estimate of drug-likeness (QED) is 0.164. The third-order valence-electron chi connectivity index (χ3n) is 6.73. The van der Waals surface area contributed by atoms with Crippen LogP contribution >= 0.6 is 33.9 Å². The molecule has 3 rings (SSSR count). The summed E-state index contributed by atoms with van der Waals surface area (Å²) in [6.07, 6.45) is 0.917. The molecule has 2 unspecified atom stereocenters. The number of halogens is 1. The molecule has 4 N–H and O–H groups in total. The van der Waals surface area contributed by atoms with Crippen LogP contribution in [0, 0.1) is 39.6 Å². The number of thiazole rings is 1. The molecule has 194 valence electrons. The van der Waals surface area contributed by atoms with Gasteiger partial charge in [-0.05, 0) is 85.4 Å². The highest BCUT2D eigenvalue weighted by Gasteiger charge is 2.45. The van der Waals surface area contributed by atoms with Gasteiger partial charge in [0.15, 0.2) is 0 Å². The first-order valence-corrected chi connectivity index (χ1v) is 14.0. The molecule has 1 amide bonds. The van der Waals surface area contributed by atoms with Gasteiger partial charge >= 0.3 is 0 Å². The Morgan fingerprint density at radius 1 is 1.25 bits per heavy atom. The number of nitrogens with zero attached hydrogens (tertiary/aromatic N) is 1. The maximum absolute atomic E-state index is 13.5. The first-order valence-electron chi connectivity index (χ1n) is 12.1. The molecule has 0 saturated heterocycles. The number of hydrogen-bond acceptors (Lipinski definition) is 7. The van der Waals surface area contributed by atoms with Crippen molar-refractivity contribution in [2.24, 2.45) is 23.7 Å². The summed E-state index contributed by atoms with van der Waals surface area (Å²) >= 11 is 3.86. The summed E-state index contributed by atoms with van der Waals surface area (Å²) in [7, 11) is 0. The van der Waals surface area contributed by atoms with Crippen LogP contribution in [0.15, 0.2) is 35.5 Å². The largest absolute Gasteiger partial charge is 0.511 e. The van der Waals surface area contributed by atoms with E-state index in [0.717, 1.165) is 25.3 Å². The van der Waals surface area contributed by atoms with Crippen LogP contribution in [-0.4, -0.2) is 38.7 Å². The lowest BCUT2D eigenvalue weighted by Crippen LogP contribution is -2.39. The van der Waals surface area contributed by atoms with Gasteiger partial charge in [-0.15, -0.1) is 11.3 Å². The Balaban J connectivity index is 1.78. The number of carbonyl (C=O) groups is 2. The molecular weight excluding hydrogens is 589 g/mol. The van der Waals surface area contributed by atoms with E-state index < -0.39 is 23.9 Å². The van der Waals surface area contributed by atoms with Crippen molar-refractivity contribution in [3.63, 3.8) is 0 Å². The molecule has 36 heavy (non-hydrogen) atoms. The van der Waals surface area contributed by atoms with Crippen molar-refractivity contribution in [1.29, 1.82) is 5.41 Å². The molecule has 1 fully saturated rings. The maximum atomic E-state index is 13.5. The highest BCUT2D eigenvalue weighted by molar-refractivity contribution is 14.1. The zero-order chi connectivity index (χ0) is 26.7. The van der Waals surface area contributed by atoms with Crippen LogP contribution < -0.4 is 5.32 Å². The second-order valence-corrected chi connectivity index (χ2v) is 12.0. The minimum absolute atomic E-state index is 0.145. The average molecular weight is 624 g/mol. The van der Waals surface area contributed by atoms with Crippen molar-refractivity contribution < 1.29 is 19.8 Å². The van der Waals surface area contributed by atoms with Crippen molar-refractivity contribution in [3.05, 3.63) is 50.4 Å². The minimum atomic E-state index is -0.822. The normalized spacial score (nSPS) is 21.9. The van der Waals surface area contributed by atoms with Crippen LogP contribution in [0.25, 0.3) is 10.4 Å². The van der Waals surface area contributed by atoms with Gasteiger partial charge < -0.3 is 20.9 Å². The van der Waals surface area contributed by atoms with Crippen molar-refractivity contribution in [2.45, 2.75) is 59.6 Å². The van der Waals surface area contributed by atoms with Gasteiger partial charge in [0.2, 0.25) is 5.91 Å². The van der Waals surface area contributed by atoms with E-state index in [2.05, 4.69) is 39.0 Å². The van der Waals surface area contributed by atoms with E-state index in [4.69, 9.17) is 5.41 Å². The molecular formula is C27H34IN3O4S. The molecule has 5 atom stereocenters. The number of aromatic nitrogens is 1. The number of Topliss-reactive ketones (excluding diaryl/α,β-unsaturated/α-hetero) is 1. The van der Waals surface area contributed by atoms with E-state index in [1.54, 1.807) is 11.3 Å². The first-order chi connectivity index (χ1) is 16.9. The van der Waals surface area contributed by atoms with E-state index in [-0.39, 0.29) is 48.0 Å². The standard InChI is InChI=1S/C27H34IN3O4S/c1-13(2)24(23(33)8-14(3)29)25(34)20-10-18(32)11-21(20)27(35)31-15(4)19-7-6-17(9-22(19)28)26-16(5)30-12-36-26/h6-9,12-13,15,18,20-21,24,29,32-33H,10-11H2,1-5H3,(H,31,35)/b23-8-,29-14?/t15-,18-,20?,21+,24?/m0/s1. The molecule has 0 bridgehead atoms.